The van der Waals surface area contributed by atoms with Gasteiger partial charge in [0.05, 0.1) is 0 Å². The fourth-order valence-corrected chi connectivity index (χ4v) is 1.15. The van der Waals surface area contributed by atoms with Crippen molar-refractivity contribution in [3.63, 3.8) is 0 Å². The third kappa shape index (κ3) is 2.48. The molecule has 0 radical (unpaired) electrons. The summed E-state index contributed by atoms with van der Waals surface area (Å²) >= 11 is 0. The molecule has 1 aliphatic heterocycles. The minimum atomic E-state index is -1.37. The highest BCUT2D eigenvalue weighted by Gasteiger charge is 2.34. The molecule has 17 heavy (non-hydrogen) atoms. The van der Waals surface area contributed by atoms with E-state index in [1.807, 2.05) is 10.6 Å². The molecular weight excluding hydrogens is 226 g/mol. The second-order valence-electron chi connectivity index (χ2n) is 3.11. The summed E-state index contributed by atoms with van der Waals surface area (Å²) in [5.41, 5.74) is 0. The summed E-state index contributed by atoms with van der Waals surface area (Å²) < 4.78 is 0. The van der Waals surface area contributed by atoms with E-state index >= 15 is 0 Å². The van der Waals surface area contributed by atoms with Crippen molar-refractivity contribution in [1.29, 1.82) is 0 Å². The fraction of sp³-hybridized carbons (Fsp3) is 0.111. The molecule has 1 aromatic rings. The number of hydrogen-bond donors (Lipinski definition) is 2. The Morgan fingerprint density at radius 2 is 1.82 bits per heavy atom. The van der Waals surface area contributed by atoms with Gasteiger partial charge < -0.3 is 0 Å². The lowest BCUT2D eigenvalue weighted by molar-refractivity contribution is -0.131. The van der Waals surface area contributed by atoms with Gasteiger partial charge in [-0.2, -0.15) is 5.11 Å². The summed E-state index contributed by atoms with van der Waals surface area (Å²) in [7, 11) is 0. The third-order valence-electron chi connectivity index (χ3n) is 1.90. The van der Waals surface area contributed by atoms with Crippen LogP contribution in [0.4, 0.5) is 10.6 Å². The molecule has 0 aliphatic carbocycles. The molecule has 4 amide bonds. The maximum absolute atomic E-state index is 11.3. The van der Waals surface area contributed by atoms with Crippen LogP contribution < -0.4 is 10.6 Å². The zero-order valence-corrected chi connectivity index (χ0v) is 8.45. The van der Waals surface area contributed by atoms with Crippen LogP contribution in [0.25, 0.3) is 0 Å². The molecule has 8 nitrogen and oxygen atoms in total. The van der Waals surface area contributed by atoms with Crippen molar-refractivity contribution in [2.24, 2.45) is 10.2 Å². The number of aromatic nitrogens is 1. The van der Waals surface area contributed by atoms with Gasteiger partial charge >= 0.3 is 6.03 Å². The molecule has 2 N–H and O–H groups in total. The number of pyridine rings is 1. The van der Waals surface area contributed by atoms with Crippen molar-refractivity contribution < 1.29 is 14.4 Å². The number of rotatable bonds is 2. The smallest absolute Gasteiger partial charge is 0.275 e. The van der Waals surface area contributed by atoms with Crippen molar-refractivity contribution in [2.45, 2.75) is 6.04 Å². The number of azo groups is 1. The van der Waals surface area contributed by atoms with E-state index in [1.54, 1.807) is 18.2 Å². The predicted octanol–water partition coefficient (Wildman–Crippen LogP) is -0.100. The van der Waals surface area contributed by atoms with Crippen LogP contribution in [0.5, 0.6) is 0 Å². The first-order valence-electron chi connectivity index (χ1n) is 4.64. The summed E-state index contributed by atoms with van der Waals surface area (Å²) in [5.74, 6) is -1.35. The van der Waals surface area contributed by atoms with Crippen molar-refractivity contribution in [2.75, 3.05) is 0 Å². The largest absolute Gasteiger partial charge is 0.328 e. The highest BCUT2D eigenvalue weighted by atomic mass is 16.2. The quantitative estimate of drug-likeness (QED) is 0.548. The minimum absolute atomic E-state index is 0.269. The van der Waals surface area contributed by atoms with Gasteiger partial charge in [-0.05, 0) is 12.1 Å². The normalized spacial score (nSPS) is 17.1. The van der Waals surface area contributed by atoms with E-state index in [1.165, 1.54) is 6.20 Å². The second-order valence-corrected chi connectivity index (χ2v) is 3.11. The highest BCUT2D eigenvalue weighted by molar-refractivity contribution is 6.18. The van der Waals surface area contributed by atoms with E-state index in [-0.39, 0.29) is 5.82 Å². The zero-order chi connectivity index (χ0) is 12.3. The Labute approximate surface area is 95.1 Å². The number of amides is 4. The van der Waals surface area contributed by atoms with Crippen LogP contribution in [0.1, 0.15) is 0 Å². The van der Waals surface area contributed by atoms with Gasteiger partial charge in [-0.25, -0.2) is 9.78 Å². The Morgan fingerprint density at radius 3 is 2.41 bits per heavy atom. The summed E-state index contributed by atoms with van der Waals surface area (Å²) in [5, 5.41) is 11.0. The monoisotopic (exact) mass is 233 g/mol. The molecule has 0 spiro atoms. The van der Waals surface area contributed by atoms with E-state index < -0.39 is 23.9 Å². The standard InChI is InChI=1S/C9H7N5O3/c15-7-6(8(16)12-9(17)11-7)14-13-5-3-1-2-4-10-5/h1-4,6H,(H2,11,12,15,16,17)/b14-13+. The Bertz CT molecular complexity index is 479. The third-order valence-corrected chi connectivity index (χ3v) is 1.90. The predicted molar refractivity (Wildman–Crippen MR) is 54.2 cm³/mol. The minimum Gasteiger partial charge on any atom is -0.275 e. The summed E-state index contributed by atoms with van der Waals surface area (Å²) in [6.07, 6.45) is 1.50. The SMILES string of the molecule is O=C1NC(=O)C(/N=N/c2ccccn2)C(=O)N1. The molecule has 1 saturated heterocycles. The number of hydrogen-bond acceptors (Lipinski definition) is 6. The Kier molecular flexibility index (Phi) is 2.86. The van der Waals surface area contributed by atoms with Gasteiger partial charge in [0.25, 0.3) is 11.8 Å². The number of nitrogens with one attached hydrogen (secondary N) is 2. The van der Waals surface area contributed by atoms with Gasteiger partial charge in [0.1, 0.15) is 0 Å². The molecule has 0 atom stereocenters. The molecule has 1 aliphatic rings. The Balaban J connectivity index is 2.13. The molecule has 2 rings (SSSR count). The number of urea groups is 1. The van der Waals surface area contributed by atoms with E-state index in [2.05, 4.69) is 15.2 Å². The maximum atomic E-state index is 11.3. The molecule has 1 aromatic heterocycles. The van der Waals surface area contributed by atoms with E-state index in [0.717, 1.165) is 0 Å². The number of carbonyl (C=O) groups is 3. The van der Waals surface area contributed by atoms with Crippen molar-refractivity contribution in [3.05, 3.63) is 24.4 Å². The number of nitrogens with zero attached hydrogens (tertiary/aromatic N) is 3. The molecule has 1 fully saturated rings. The highest BCUT2D eigenvalue weighted by Crippen LogP contribution is 2.08. The van der Waals surface area contributed by atoms with Gasteiger partial charge in [0.15, 0.2) is 5.82 Å². The van der Waals surface area contributed by atoms with Crippen LogP contribution in [-0.2, 0) is 9.59 Å². The fourth-order valence-electron chi connectivity index (χ4n) is 1.15. The van der Waals surface area contributed by atoms with Crippen LogP contribution in [0.15, 0.2) is 34.6 Å². The molecule has 0 unspecified atom stereocenters. The molecule has 0 aromatic carbocycles. The van der Waals surface area contributed by atoms with Crippen molar-refractivity contribution >= 4 is 23.7 Å². The molecule has 2 heterocycles. The van der Waals surface area contributed by atoms with E-state index in [4.69, 9.17) is 0 Å². The molecule has 8 heteroatoms. The van der Waals surface area contributed by atoms with Gasteiger partial charge in [0, 0.05) is 6.20 Å². The van der Waals surface area contributed by atoms with Crippen LogP contribution in [0, 0.1) is 0 Å². The van der Waals surface area contributed by atoms with Crippen LogP contribution in [-0.4, -0.2) is 28.9 Å². The first-order chi connectivity index (χ1) is 8.16. The summed E-state index contributed by atoms with van der Waals surface area (Å²) in [6, 6.07) is 2.72. The van der Waals surface area contributed by atoms with Crippen LogP contribution >= 0.6 is 0 Å². The zero-order valence-electron chi connectivity index (χ0n) is 8.45. The number of imide groups is 2. The van der Waals surface area contributed by atoms with E-state index in [9.17, 15) is 14.4 Å². The van der Waals surface area contributed by atoms with Crippen LogP contribution in [0.3, 0.4) is 0 Å². The summed E-state index contributed by atoms with van der Waals surface area (Å²) in [4.78, 5) is 37.1. The number of carbonyl (C=O) groups excluding carboxylic acids is 3. The maximum Gasteiger partial charge on any atom is 0.328 e. The average molecular weight is 233 g/mol. The Morgan fingerprint density at radius 1 is 1.12 bits per heavy atom. The van der Waals surface area contributed by atoms with Gasteiger partial charge in [-0.1, -0.05) is 6.07 Å². The molecule has 0 saturated carbocycles. The molecule has 86 valence electrons. The Hall–Kier alpha value is -2.64. The lowest BCUT2D eigenvalue weighted by Crippen LogP contribution is -2.57. The molecular formula is C9H7N5O3. The summed E-state index contributed by atoms with van der Waals surface area (Å²) in [6.45, 7) is 0. The molecule has 0 bridgehead atoms. The van der Waals surface area contributed by atoms with Crippen LogP contribution in [0.2, 0.25) is 0 Å². The topological polar surface area (TPSA) is 113 Å². The number of barbiturate groups is 1. The average Bonchev–Trinajstić information content (AvgIpc) is 2.29. The lowest BCUT2D eigenvalue weighted by atomic mass is 10.2. The van der Waals surface area contributed by atoms with E-state index in [0.29, 0.717) is 0 Å². The lowest BCUT2D eigenvalue weighted by Gasteiger charge is -2.15. The van der Waals surface area contributed by atoms with Gasteiger partial charge in [0.2, 0.25) is 6.04 Å². The van der Waals surface area contributed by atoms with Gasteiger partial charge in [-0.3, -0.25) is 20.2 Å². The first-order valence-corrected chi connectivity index (χ1v) is 4.64. The van der Waals surface area contributed by atoms with Crippen molar-refractivity contribution in [3.8, 4) is 0 Å². The first kappa shape index (κ1) is 10.9. The second kappa shape index (κ2) is 4.47. The van der Waals surface area contributed by atoms with Gasteiger partial charge in [-0.15, -0.1) is 5.11 Å². The van der Waals surface area contributed by atoms with Crippen molar-refractivity contribution in [1.82, 2.24) is 15.6 Å².